The molecule has 2 aliphatic heterocycles. The van der Waals surface area contributed by atoms with Crippen molar-refractivity contribution in [1.29, 1.82) is 0 Å². The van der Waals surface area contributed by atoms with Crippen LogP contribution in [0.4, 0.5) is 11.4 Å². The SMILES string of the molecule is c1ccc2c(c1)Sc1ccccc1N2NCCN1CCCC1. The van der Waals surface area contributed by atoms with Gasteiger partial charge in [-0.3, -0.25) is 5.01 Å². The van der Waals surface area contributed by atoms with Crippen molar-refractivity contribution >= 4 is 23.1 Å². The van der Waals surface area contributed by atoms with Gasteiger partial charge in [0.1, 0.15) is 0 Å². The van der Waals surface area contributed by atoms with Crippen LogP contribution in [0.25, 0.3) is 0 Å². The van der Waals surface area contributed by atoms with Gasteiger partial charge in [-0.2, -0.15) is 0 Å². The molecule has 0 bridgehead atoms. The number of rotatable bonds is 4. The Balaban J connectivity index is 1.54. The van der Waals surface area contributed by atoms with E-state index in [1.54, 1.807) is 0 Å². The highest BCUT2D eigenvalue weighted by Gasteiger charge is 2.22. The summed E-state index contributed by atoms with van der Waals surface area (Å²) >= 11 is 1.85. The van der Waals surface area contributed by atoms with E-state index < -0.39 is 0 Å². The van der Waals surface area contributed by atoms with Gasteiger partial charge in [0.2, 0.25) is 0 Å². The molecule has 0 unspecified atom stereocenters. The fourth-order valence-corrected chi connectivity index (χ4v) is 4.26. The molecule has 0 atom stereocenters. The first-order valence-corrected chi connectivity index (χ1v) is 8.85. The average molecular weight is 311 g/mol. The zero-order chi connectivity index (χ0) is 14.8. The molecule has 2 aromatic carbocycles. The number of likely N-dealkylation sites (tertiary alicyclic amines) is 1. The summed E-state index contributed by atoms with van der Waals surface area (Å²) in [5.74, 6) is 0. The van der Waals surface area contributed by atoms with Crippen LogP contribution in [0.15, 0.2) is 58.3 Å². The van der Waals surface area contributed by atoms with E-state index in [0.29, 0.717) is 0 Å². The molecule has 0 amide bonds. The number of hydrogen-bond acceptors (Lipinski definition) is 4. The van der Waals surface area contributed by atoms with Gasteiger partial charge in [0, 0.05) is 22.9 Å². The molecule has 4 heteroatoms. The molecule has 0 aliphatic carbocycles. The summed E-state index contributed by atoms with van der Waals surface area (Å²) < 4.78 is 0. The molecule has 0 aromatic heterocycles. The van der Waals surface area contributed by atoms with Gasteiger partial charge >= 0.3 is 0 Å². The second-order valence-electron chi connectivity index (χ2n) is 5.83. The Kier molecular flexibility index (Phi) is 4.06. The fraction of sp³-hybridized carbons (Fsp3) is 0.333. The minimum absolute atomic E-state index is 0.979. The molecular weight excluding hydrogens is 290 g/mol. The Bertz CT molecular complexity index is 607. The Morgan fingerprint density at radius 1 is 0.864 bits per heavy atom. The average Bonchev–Trinajstić information content (AvgIpc) is 3.07. The van der Waals surface area contributed by atoms with Crippen LogP contribution in [0.5, 0.6) is 0 Å². The lowest BCUT2D eigenvalue weighted by Gasteiger charge is -2.33. The van der Waals surface area contributed by atoms with Crippen molar-refractivity contribution in [3.8, 4) is 0 Å². The molecule has 0 radical (unpaired) electrons. The first-order valence-electron chi connectivity index (χ1n) is 8.04. The molecule has 0 spiro atoms. The highest BCUT2D eigenvalue weighted by atomic mass is 32.2. The minimum Gasteiger partial charge on any atom is -0.302 e. The van der Waals surface area contributed by atoms with Crippen molar-refractivity contribution in [2.45, 2.75) is 22.6 Å². The van der Waals surface area contributed by atoms with Gasteiger partial charge < -0.3 is 4.90 Å². The third-order valence-electron chi connectivity index (χ3n) is 4.33. The van der Waals surface area contributed by atoms with E-state index in [9.17, 15) is 0 Å². The number of fused-ring (bicyclic) bond motifs is 2. The second-order valence-corrected chi connectivity index (χ2v) is 6.91. The van der Waals surface area contributed by atoms with Crippen LogP contribution in [-0.2, 0) is 0 Å². The number of anilines is 2. The maximum atomic E-state index is 3.64. The number of para-hydroxylation sites is 2. The van der Waals surface area contributed by atoms with Gasteiger partial charge in [-0.15, -0.1) is 0 Å². The van der Waals surface area contributed by atoms with E-state index in [4.69, 9.17) is 0 Å². The molecule has 3 nitrogen and oxygen atoms in total. The van der Waals surface area contributed by atoms with Crippen LogP contribution in [0.3, 0.4) is 0 Å². The number of hydrogen-bond donors (Lipinski definition) is 1. The minimum atomic E-state index is 0.979. The Morgan fingerprint density at radius 3 is 2.09 bits per heavy atom. The maximum absolute atomic E-state index is 3.64. The normalized spacial score (nSPS) is 17.4. The maximum Gasteiger partial charge on any atom is 0.0717 e. The van der Waals surface area contributed by atoms with E-state index in [2.05, 4.69) is 63.9 Å². The summed E-state index contributed by atoms with van der Waals surface area (Å²) in [5.41, 5.74) is 6.15. The van der Waals surface area contributed by atoms with Crippen LogP contribution < -0.4 is 10.4 Å². The van der Waals surface area contributed by atoms with Crippen LogP contribution in [0.2, 0.25) is 0 Å². The Hall–Kier alpha value is -1.49. The third-order valence-corrected chi connectivity index (χ3v) is 5.46. The van der Waals surface area contributed by atoms with Crippen LogP contribution in [0.1, 0.15) is 12.8 Å². The first-order chi connectivity index (χ1) is 10.9. The lowest BCUT2D eigenvalue weighted by Crippen LogP contribution is -2.40. The highest BCUT2D eigenvalue weighted by molar-refractivity contribution is 7.99. The summed E-state index contributed by atoms with van der Waals surface area (Å²) in [6.07, 6.45) is 2.71. The molecule has 1 N–H and O–H groups in total. The molecule has 2 aliphatic rings. The number of nitrogens with zero attached hydrogens (tertiary/aromatic N) is 2. The summed E-state index contributed by atoms with van der Waals surface area (Å²) in [5, 5.41) is 2.26. The number of benzene rings is 2. The van der Waals surface area contributed by atoms with E-state index in [0.717, 1.165) is 13.1 Å². The molecular formula is C18H21N3S. The zero-order valence-corrected chi connectivity index (χ0v) is 13.5. The van der Waals surface area contributed by atoms with Crippen molar-refractivity contribution in [2.24, 2.45) is 0 Å². The summed E-state index contributed by atoms with van der Waals surface area (Å²) in [6, 6.07) is 17.2. The predicted octanol–water partition coefficient (Wildman–Crippen LogP) is 3.89. The van der Waals surface area contributed by atoms with Gasteiger partial charge in [0.25, 0.3) is 0 Å². The lowest BCUT2D eigenvalue weighted by molar-refractivity contribution is 0.336. The second kappa shape index (κ2) is 6.32. The van der Waals surface area contributed by atoms with E-state index in [-0.39, 0.29) is 0 Å². The molecule has 22 heavy (non-hydrogen) atoms. The molecule has 1 fully saturated rings. The monoisotopic (exact) mass is 311 g/mol. The molecule has 114 valence electrons. The molecule has 1 saturated heterocycles. The topological polar surface area (TPSA) is 18.5 Å². The first kappa shape index (κ1) is 14.1. The largest absolute Gasteiger partial charge is 0.302 e. The van der Waals surface area contributed by atoms with E-state index in [1.807, 2.05) is 11.8 Å². The van der Waals surface area contributed by atoms with Crippen molar-refractivity contribution in [3.05, 3.63) is 48.5 Å². The summed E-state index contributed by atoms with van der Waals surface area (Å²) in [7, 11) is 0. The molecule has 4 rings (SSSR count). The fourth-order valence-electron chi connectivity index (χ4n) is 3.20. The Labute approximate surface area is 136 Å². The number of nitrogens with one attached hydrogen (secondary N) is 1. The van der Waals surface area contributed by atoms with Crippen molar-refractivity contribution in [3.63, 3.8) is 0 Å². The standard InChI is InChI=1S/C18H21N3S/c1-3-9-17-15(7-1)21(16-8-2-4-10-18(16)22-17)19-11-14-20-12-5-6-13-20/h1-4,7-10,19H,5-6,11-14H2. The van der Waals surface area contributed by atoms with Crippen LogP contribution in [-0.4, -0.2) is 31.1 Å². The summed E-state index contributed by atoms with van der Waals surface area (Å²) in [4.78, 5) is 5.17. The summed E-state index contributed by atoms with van der Waals surface area (Å²) in [6.45, 7) is 4.61. The van der Waals surface area contributed by atoms with Crippen molar-refractivity contribution in [2.75, 3.05) is 31.2 Å². The smallest absolute Gasteiger partial charge is 0.0717 e. The van der Waals surface area contributed by atoms with Crippen molar-refractivity contribution in [1.82, 2.24) is 10.3 Å². The van der Waals surface area contributed by atoms with E-state index in [1.165, 1.54) is 47.1 Å². The number of hydrazine groups is 1. The van der Waals surface area contributed by atoms with E-state index >= 15 is 0 Å². The van der Waals surface area contributed by atoms with Gasteiger partial charge in [0.15, 0.2) is 0 Å². The zero-order valence-electron chi connectivity index (χ0n) is 12.7. The van der Waals surface area contributed by atoms with Gasteiger partial charge in [-0.05, 0) is 50.2 Å². The van der Waals surface area contributed by atoms with Crippen LogP contribution in [0, 0.1) is 0 Å². The van der Waals surface area contributed by atoms with Gasteiger partial charge in [0.05, 0.1) is 11.4 Å². The highest BCUT2D eigenvalue weighted by Crippen LogP contribution is 2.46. The van der Waals surface area contributed by atoms with Gasteiger partial charge in [-0.1, -0.05) is 36.0 Å². The Morgan fingerprint density at radius 2 is 1.45 bits per heavy atom. The lowest BCUT2D eigenvalue weighted by atomic mass is 10.2. The van der Waals surface area contributed by atoms with Crippen molar-refractivity contribution < 1.29 is 0 Å². The third kappa shape index (κ3) is 2.74. The predicted molar refractivity (Wildman–Crippen MR) is 92.8 cm³/mol. The molecule has 2 aromatic rings. The molecule has 0 saturated carbocycles. The van der Waals surface area contributed by atoms with Gasteiger partial charge in [-0.25, -0.2) is 5.43 Å². The quantitative estimate of drug-likeness (QED) is 0.923. The molecule has 2 heterocycles. The van der Waals surface area contributed by atoms with Crippen LogP contribution >= 0.6 is 11.8 Å².